The minimum absolute atomic E-state index is 0.322. The number of carbonyl (C=O) groups is 2. The van der Waals surface area contributed by atoms with Crippen LogP contribution in [0, 0.1) is 11.6 Å². The molecule has 0 bridgehead atoms. The van der Waals surface area contributed by atoms with Crippen LogP contribution in [0.4, 0.5) is 14.5 Å². The van der Waals surface area contributed by atoms with Gasteiger partial charge in [-0.15, -0.1) is 0 Å². The fourth-order valence-corrected chi connectivity index (χ4v) is 2.36. The SMILES string of the molecule is C/C=C/c1ccc(OCC(=O)O[C@H](C)C(=O)Nc2c(F)cccc2F)c(OC)c1. The van der Waals surface area contributed by atoms with Gasteiger partial charge in [0.25, 0.3) is 5.91 Å². The molecule has 2 aromatic rings. The molecule has 0 saturated heterocycles. The average Bonchev–Trinajstić information content (AvgIpc) is 2.69. The molecule has 8 heteroatoms. The molecule has 2 rings (SSSR count). The molecular formula is C21H21F2NO5. The highest BCUT2D eigenvalue weighted by Gasteiger charge is 2.21. The van der Waals surface area contributed by atoms with Gasteiger partial charge in [0.15, 0.2) is 24.2 Å². The second-order valence-corrected chi connectivity index (χ2v) is 5.92. The summed E-state index contributed by atoms with van der Waals surface area (Å²) in [7, 11) is 1.47. The molecule has 0 aliphatic carbocycles. The van der Waals surface area contributed by atoms with Gasteiger partial charge < -0.3 is 19.5 Å². The number of rotatable bonds is 8. The number of amides is 1. The summed E-state index contributed by atoms with van der Waals surface area (Å²) in [4.78, 5) is 24.0. The van der Waals surface area contributed by atoms with Crippen LogP contribution in [0.2, 0.25) is 0 Å². The van der Waals surface area contributed by atoms with Crippen molar-refractivity contribution < 1.29 is 32.6 Å². The molecule has 0 aromatic heterocycles. The van der Waals surface area contributed by atoms with E-state index in [9.17, 15) is 18.4 Å². The van der Waals surface area contributed by atoms with Crippen molar-refractivity contribution in [3.63, 3.8) is 0 Å². The number of hydrogen-bond donors (Lipinski definition) is 1. The lowest BCUT2D eigenvalue weighted by atomic mass is 10.2. The van der Waals surface area contributed by atoms with Gasteiger partial charge >= 0.3 is 5.97 Å². The maximum absolute atomic E-state index is 13.6. The Hall–Kier alpha value is -3.42. The first-order valence-electron chi connectivity index (χ1n) is 8.73. The van der Waals surface area contributed by atoms with Gasteiger partial charge in [0.05, 0.1) is 7.11 Å². The van der Waals surface area contributed by atoms with Crippen LogP contribution < -0.4 is 14.8 Å². The summed E-state index contributed by atoms with van der Waals surface area (Å²) < 4.78 is 42.7. The Balaban J connectivity index is 1.92. The Bertz CT molecular complexity index is 894. The van der Waals surface area contributed by atoms with Gasteiger partial charge in [-0.2, -0.15) is 0 Å². The van der Waals surface area contributed by atoms with Gasteiger partial charge in [-0.25, -0.2) is 13.6 Å². The molecule has 0 heterocycles. The zero-order valence-electron chi connectivity index (χ0n) is 16.2. The number of anilines is 1. The molecule has 1 N–H and O–H groups in total. The van der Waals surface area contributed by atoms with Gasteiger partial charge in [-0.1, -0.05) is 24.3 Å². The molecule has 1 amide bonds. The van der Waals surface area contributed by atoms with Crippen molar-refractivity contribution in [2.45, 2.75) is 20.0 Å². The number of allylic oxidation sites excluding steroid dienone is 1. The van der Waals surface area contributed by atoms with Crippen molar-refractivity contribution in [1.29, 1.82) is 0 Å². The molecule has 0 radical (unpaired) electrons. The minimum Gasteiger partial charge on any atom is -0.493 e. The molecule has 29 heavy (non-hydrogen) atoms. The van der Waals surface area contributed by atoms with Crippen molar-refractivity contribution in [1.82, 2.24) is 0 Å². The zero-order chi connectivity index (χ0) is 21.4. The molecule has 6 nitrogen and oxygen atoms in total. The lowest BCUT2D eigenvalue weighted by Crippen LogP contribution is -2.32. The van der Waals surface area contributed by atoms with Crippen LogP contribution in [-0.2, 0) is 14.3 Å². The lowest BCUT2D eigenvalue weighted by molar-refractivity contribution is -0.155. The zero-order valence-corrected chi connectivity index (χ0v) is 16.2. The van der Waals surface area contributed by atoms with Crippen molar-refractivity contribution >= 4 is 23.6 Å². The summed E-state index contributed by atoms with van der Waals surface area (Å²) in [5, 5.41) is 2.06. The number of carbonyl (C=O) groups excluding carboxylic acids is 2. The molecule has 1 atom stereocenters. The predicted octanol–water partition coefficient (Wildman–Crippen LogP) is 3.96. The fourth-order valence-electron chi connectivity index (χ4n) is 2.36. The summed E-state index contributed by atoms with van der Waals surface area (Å²) in [6, 6.07) is 8.32. The summed E-state index contributed by atoms with van der Waals surface area (Å²) in [6.07, 6.45) is 2.45. The number of halogens is 2. The van der Waals surface area contributed by atoms with E-state index in [1.807, 2.05) is 19.1 Å². The van der Waals surface area contributed by atoms with E-state index < -0.39 is 41.9 Å². The Morgan fingerprint density at radius 1 is 1.14 bits per heavy atom. The van der Waals surface area contributed by atoms with E-state index in [4.69, 9.17) is 14.2 Å². The van der Waals surface area contributed by atoms with Crippen LogP contribution in [0.5, 0.6) is 11.5 Å². The van der Waals surface area contributed by atoms with Crippen LogP contribution in [-0.4, -0.2) is 31.7 Å². The largest absolute Gasteiger partial charge is 0.493 e. The Morgan fingerprint density at radius 3 is 2.45 bits per heavy atom. The van der Waals surface area contributed by atoms with Gasteiger partial charge in [-0.3, -0.25) is 4.79 Å². The standard InChI is InChI=1S/C21H21F2NO5/c1-4-6-14-9-10-17(18(11-14)27-3)28-12-19(25)29-13(2)21(26)24-20-15(22)7-5-8-16(20)23/h4-11,13H,12H2,1-3H3,(H,24,26)/b6-4+/t13-/m1/s1. The highest BCUT2D eigenvalue weighted by molar-refractivity contribution is 5.95. The van der Waals surface area contributed by atoms with Crippen molar-refractivity contribution in [3.05, 3.63) is 59.7 Å². The maximum Gasteiger partial charge on any atom is 0.344 e. The first kappa shape index (κ1) is 21.9. The van der Waals surface area contributed by atoms with Crippen LogP contribution in [0.3, 0.4) is 0 Å². The average molecular weight is 405 g/mol. The Morgan fingerprint density at radius 2 is 1.83 bits per heavy atom. The highest BCUT2D eigenvalue weighted by Crippen LogP contribution is 2.28. The fraction of sp³-hybridized carbons (Fsp3) is 0.238. The van der Waals surface area contributed by atoms with Crippen molar-refractivity contribution in [2.75, 3.05) is 19.0 Å². The Labute approximate surface area is 167 Å². The van der Waals surface area contributed by atoms with Gasteiger partial charge in [0.1, 0.15) is 17.3 Å². The summed E-state index contributed by atoms with van der Waals surface area (Å²) in [5.74, 6) is -2.84. The van der Waals surface area contributed by atoms with Gasteiger partial charge in [-0.05, 0) is 43.7 Å². The number of nitrogens with one attached hydrogen (secondary N) is 1. The van der Waals surface area contributed by atoms with E-state index in [1.54, 1.807) is 18.2 Å². The van der Waals surface area contributed by atoms with Crippen molar-refractivity contribution in [2.24, 2.45) is 0 Å². The lowest BCUT2D eigenvalue weighted by Gasteiger charge is -2.15. The van der Waals surface area contributed by atoms with Crippen LogP contribution in [0.25, 0.3) is 6.08 Å². The smallest absolute Gasteiger partial charge is 0.344 e. The third-order valence-corrected chi connectivity index (χ3v) is 3.78. The molecule has 154 valence electrons. The molecule has 0 aliphatic rings. The highest BCUT2D eigenvalue weighted by atomic mass is 19.1. The number of esters is 1. The molecule has 0 saturated carbocycles. The second-order valence-electron chi connectivity index (χ2n) is 5.92. The summed E-state index contributed by atoms with van der Waals surface area (Å²) in [5.41, 5.74) is 0.285. The number of benzene rings is 2. The quantitative estimate of drug-likeness (QED) is 0.673. The number of methoxy groups -OCH3 is 1. The number of hydrogen-bond acceptors (Lipinski definition) is 5. The first-order valence-corrected chi connectivity index (χ1v) is 8.73. The number of ether oxygens (including phenoxy) is 3. The van der Waals surface area contributed by atoms with Crippen LogP contribution in [0.15, 0.2) is 42.5 Å². The molecular weight excluding hydrogens is 384 g/mol. The van der Waals surface area contributed by atoms with Gasteiger partial charge in [0, 0.05) is 0 Å². The van der Waals surface area contributed by atoms with E-state index in [1.165, 1.54) is 20.1 Å². The normalized spacial score (nSPS) is 11.8. The minimum atomic E-state index is -1.29. The maximum atomic E-state index is 13.6. The van der Waals surface area contributed by atoms with Crippen LogP contribution in [0.1, 0.15) is 19.4 Å². The third-order valence-electron chi connectivity index (χ3n) is 3.78. The molecule has 0 spiro atoms. The predicted molar refractivity (Wildman–Crippen MR) is 104 cm³/mol. The third kappa shape index (κ3) is 6.03. The van der Waals surface area contributed by atoms with E-state index in [0.717, 1.165) is 17.7 Å². The van der Waals surface area contributed by atoms with Crippen LogP contribution >= 0.6 is 0 Å². The van der Waals surface area contributed by atoms with Crippen molar-refractivity contribution in [3.8, 4) is 11.5 Å². The number of para-hydroxylation sites is 1. The van der Waals surface area contributed by atoms with E-state index in [2.05, 4.69) is 5.32 Å². The van der Waals surface area contributed by atoms with E-state index in [-0.39, 0.29) is 0 Å². The second kappa shape index (κ2) is 10.2. The van der Waals surface area contributed by atoms with Gasteiger partial charge in [0.2, 0.25) is 0 Å². The summed E-state index contributed by atoms with van der Waals surface area (Å²) >= 11 is 0. The molecule has 2 aromatic carbocycles. The first-order chi connectivity index (χ1) is 13.8. The van der Waals surface area contributed by atoms with E-state index >= 15 is 0 Å². The molecule has 0 fully saturated rings. The molecule has 0 unspecified atom stereocenters. The Kier molecular flexibility index (Phi) is 7.70. The van der Waals surface area contributed by atoms with E-state index in [0.29, 0.717) is 11.5 Å². The monoisotopic (exact) mass is 405 g/mol. The summed E-state index contributed by atoms with van der Waals surface area (Å²) in [6.45, 7) is 2.67. The topological polar surface area (TPSA) is 73.9 Å². The molecule has 0 aliphatic heterocycles.